The van der Waals surface area contributed by atoms with Gasteiger partial charge in [-0.3, -0.25) is 20.4 Å². The van der Waals surface area contributed by atoms with Gasteiger partial charge in [0.15, 0.2) is 17.6 Å². The maximum Gasteiger partial charge on any atom is 0.331 e. The van der Waals surface area contributed by atoms with Gasteiger partial charge in [0.05, 0.1) is 7.11 Å². The van der Waals surface area contributed by atoms with Crippen molar-refractivity contribution in [2.75, 3.05) is 7.11 Å². The zero-order valence-electron chi connectivity index (χ0n) is 15.3. The van der Waals surface area contributed by atoms with Crippen molar-refractivity contribution < 1.29 is 29.0 Å². The fourth-order valence-electron chi connectivity index (χ4n) is 2.11. The molecule has 0 aliphatic carbocycles. The molecule has 0 aliphatic rings. The van der Waals surface area contributed by atoms with Gasteiger partial charge in [-0.1, -0.05) is 24.3 Å². The predicted octanol–water partition coefficient (Wildman–Crippen LogP) is 1.81. The molecule has 0 saturated heterocycles. The number of carbonyl (C=O) groups excluding carboxylic acids is 3. The van der Waals surface area contributed by atoms with Crippen molar-refractivity contribution in [3.05, 3.63) is 65.7 Å². The summed E-state index contributed by atoms with van der Waals surface area (Å²) in [6.45, 7) is 1.37. The Morgan fingerprint density at radius 2 is 1.79 bits per heavy atom. The number of rotatable bonds is 6. The molecule has 0 unspecified atom stereocenters. The number of phenolic OH excluding ortho intramolecular Hbond substituents is 1. The van der Waals surface area contributed by atoms with Gasteiger partial charge in [-0.25, -0.2) is 4.79 Å². The highest BCUT2D eigenvalue weighted by Crippen LogP contribution is 2.26. The summed E-state index contributed by atoms with van der Waals surface area (Å²) < 4.78 is 9.96. The van der Waals surface area contributed by atoms with Gasteiger partial charge in [-0.05, 0) is 42.8 Å². The van der Waals surface area contributed by atoms with E-state index < -0.39 is 23.9 Å². The number of aromatic hydroxyl groups is 1. The summed E-state index contributed by atoms with van der Waals surface area (Å²) >= 11 is 0. The van der Waals surface area contributed by atoms with Gasteiger partial charge in [0.25, 0.3) is 11.8 Å². The number of amides is 2. The lowest BCUT2D eigenvalue weighted by Crippen LogP contribution is -2.46. The van der Waals surface area contributed by atoms with Crippen molar-refractivity contribution >= 4 is 23.9 Å². The Labute approximate surface area is 161 Å². The van der Waals surface area contributed by atoms with Gasteiger partial charge in [0, 0.05) is 11.6 Å². The highest BCUT2D eigenvalue weighted by atomic mass is 16.5. The number of carbonyl (C=O) groups is 3. The zero-order valence-corrected chi connectivity index (χ0v) is 15.3. The largest absolute Gasteiger partial charge is 0.504 e. The molecule has 2 amide bonds. The van der Waals surface area contributed by atoms with Crippen LogP contribution in [0.3, 0.4) is 0 Å². The smallest absolute Gasteiger partial charge is 0.331 e. The molecule has 0 radical (unpaired) electrons. The summed E-state index contributed by atoms with van der Waals surface area (Å²) in [6.07, 6.45) is 1.46. The molecule has 0 bridgehead atoms. The van der Waals surface area contributed by atoms with Crippen LogP contribution in [0.5, 0.6) is 11.5 Å². The van der Waals surface area contributed by atoms with Crippen LogP contribution in [0.2, 0.25) is 0 Å². The summed E-state index contributed by atoms with van der Waals surface area (Å²) in [6, 6.07) is 12.9. The van der Waals surface area contributed by atoms with Crippen molar-refractivity contribution in [3.8, 4) is 11.5 Å². The molecule has 2 aromatic carbocycles. The Bertz CT molecular complexity index is 880. The van der Waals surface area contributed by atoms with Crippen molar-refractivity contribution in [2.45, 2.75) is 13.0 Å². The van der Waals surface area contributed by atoms with Crippen LogP contribution >= 0.6 is 0 Å². The minimum absolute atomic E-state index is 0.0231. The van der Waals surface area contributed by atoms with Crippen molar-refractivity contribution in [2.24, 2.45) is 0 Å². The lowest BCUT2D eigenvalue weighted by atomic mass is 10.2. The number of hydrazine groups is 1. The van der Waals surface area contributed by atoms with E-state index in [2.05, 4.69) is 10.9 Å². The lowest BCUT2D eigenvalue weighted by Gasteiger charge is -2.13. The van der Waals surface area contributed by atoms with Gasteiger partial charge < -0.3 is 14.6 Å². The molecule has 8 nitrogen and oxygen atoms in total. The van der Waals surface area contributed by atoms with E-state index >= 15 is 0 Å². The highest BCUT2D eigenvalue weighted by molar-refractivity contribution is 5.96. The number of nitrogens with one attached hydrogen (secondary N) is 2. The van der Waals surface area contributed by atoms with Crippen LogP contribution in [0, 0.1) is 0 Å². The predicted molar refractivity (Wildman–Crippen MR) is 101 cm³/mol. The molecule has 2 rings (SSSR count). The highest BCUT2D eigenvalue weighted by Gasteiger charge is 2.17. The molecule has 0 fully saturated rings. The molecule has 0 aliphatic heterocycles. The normalized spacial score (nSPS) is 11.5. The number of methoxy groups -OCH3 is 1. The number of esters is 1. The van der Waals surface area contributed by atoms with Crippen molar-refractivity contribution in [3.63, 3.8) is 0 Å². The van der Waals surface area contributed by atoms with Crippen LogP contribution in [0.1, 0.15) is 22.8 Å². The molecule has 0 spiro atoms. The van der Waals surface area contributed by atoms with Gasteiger partial charge >= 0.3 is 5.97 Å². The maximum atomic E-state index is 11.9. The first-order chi connectivity index (χ1) is 13.4. The monoisotopic (exact) mass is 384 g/mol. The fraction of sp³-hybridized carbons (Fsp3) is 0.150. The second-order valence-electron chi connectivity index (χ2n) is 5.65. The second kappa shape index (κ2) is 9.77. The van der Waals surface area contributed by atoms with E-state index in [0.717, 1.165) is 6.08 Å². The number of benzene rings is 2. The molecular formula is C20H20N2O6. The number of phenols is 1. The van der Waals surface area contributed by atoms with E-state index in [1.807, 2.05) is 0 Å². The maximum absolute atomic E-state index is 11.9. The van der Waals surface area contributed by atoms with Crippen LogP contribution in [0.4, 0.5) is 0 Å². The van der Waals surface area contributed by atoms with E-state index in [9.17, 15) is 19.5 Å². The van der Waals surface area contributed by atoms with E-state index in [4.69, 9.17) is 9.47 Å². The third-order valence-corrected chi connectivity index (χ3v) is 3.61. The summed E-state index contributed by atoms with van der Waals surface area (Å²) in [5.74, 6) is -1.68. The Hall–Kier alpha value is -3.81. The van der Waals surface area contributed by atoms with Crippen molar-refractivity contribution in [1.82, 2.24) is 10.9 Å². The van der Waals surface area contributed by atoms with Gasteiger partial charge in [0.2, 0.25) is 0 Å². The molecule has 2 aromatic rings. The van der Waals surface area contributed by atoms with E-state index in [1.165, 1.54) is 32.2 Å². The molecule has 146 valence electrons. The minimum Gasteiger partial charge on any atom is -0.504 e. The Kier molecular flexibility index (Phi) is 7.15. The Morgan fingerprint density at radius 1 is 1.07 bits per heavy atom. The first-order valence-corrected chi connectivity index (χ1v) is 8.31. The SMILES string of the molecule is COc1cc(/C=C/C(=O)O[C@H](C)C(=O)NNC(=O)c2ccccc2)ccc1O. The van der Waals surface area contributed by atoms with E-state index in [1.54, 1.807) is 36.4 Å². The molecule has 1 atom stereocenters. The lowest BCUT2D eigenvalue weighted by molar-refractivity contribution is -0.150. The molecule has 28 heavy (non-hydrogen) atoms. The molecule has 8 heteroatoms. The summed E-state index contributed by atoms with van der Waals surface area (Å²) in [5, 5.41) is 9.54. The minimum atomic E-state index is -1.12. The third kappa shape index (κ3) is 5.87. The Morgan fingerprint density at radius 3 is 2.46 bits per heavy atom. The average molecular weight is 384 g/mol. The first kappa shape index (κ1) is 20.5. The van der Waals surface area contributed by atoms with Crippen LogP contribution in [0.25, 0.3) is 6.08 Å². The van der Waals surface area contributed by atoms with E-state index in [-0.39, 0.29) is 11.5 Å². The summed E-state index contributed by atoms with van der Waals surface area (Å²) in [7, 11) is 1.41. The van der Waals surface area contributed by atoms with Gasteiger partial charge in [-0.2, -0.15) is 0 Å². The zero-order chi connectivity index (χ0) is 20.5. The van der Waals surface area contributed by atoms with Crippen LogP contribution in [-0.4, -0.2) is 36.1 Å². The van der Waals surface area contributed by atoms with Crippen molar-refractivity contribution in [1.29, 1.82) is 0 Å². The van der Waals surface area contributed by atoms with Crippen LogP contribution in [0.15, 0.2) is 54.6 Å². The summed E-state index contributed by atoms with van der Waals surface area (Å²) in [5.41, 5.74) is 5.41. The molecule has 0 aromatic heterocycles. The topological polar surface area (TPSA) is 114 Å². The van der Waals surface area contributed by atoms with E-state index in [0.29, 0.717) is 11.1 Å². The Balaban J connectivity index is 1.84. The standard InChI is InChI=1S/C20H20N2O6/c1-13(19(25)21-22-20(26)15-6-4-3-5-7-15)28-18(24)11-9-14-8-10-16(23)17(12-14)27-2/h3-13,23H,1-2H3,(H,21,25)(H,22,26)/b11-9+/t13-/m1/s1. The molecule has 0 heterocycles. The number of hydrogen-bond donors (Lipinski definition) is 3. The van der Waals surface area contributed by atoms with Gasteiger partial charge in [-0.15, -0.1) is 0 Å². The molecular weight excluding hydrogens is 364 g/mol. The van der Waals surface area contributed by atoms with Crippen LogP contribution in [-0.2, 0) is 14.3 Å². The number of ether oxygens (including phenoxy) is 2. The molecule has 0 saturated carbocycles. The fourth-order valence-corrected chi connectivity index (χ4v) is 2.11. The van der Waals surface area contributed by atoms with Crippen LogP contribution < -0.4 is 15.6 Å². The quantitative estimate of drug-likeness (QED) is 0.398. The first-order valence-electron chi connectivity index (χ1n) is 8.31. The number of hydrogen-bond acceptors (Lipinski definition) is 6. The second-order valence-corrected chi connectivity index (χ2v) is 5.65. The average Bonchev–Trinajstić information content (AvgIpc) is 2.71. The molecule has 3 N–H and O–H groups in total. The third-order valence-electron chi connectivity index (χ3n) is 3.61. The summed E-state index contributed by atoms with van der Waals surface area (Å²) in [4.78, 5) is 35.7. The van der Waals surface area contributed by atoms with Gasteiger partial charge in [0.1, 0.15) is 0 Å².